The summed E-state index contributed by atoms with van der Waals surface area (Å²) in [6.45, 7) is 1.93. The highest BCUT2D eigenvalue weighted by Gasteiger charge is 2.35. The van der Waals surface area contributed by atoms with Crippen LogP contribution in [0.5, 0.6) is 0 Å². The third-order valence-corrected chi connectivity index (χ3v) is 5.58. The van der Waals surface area contributed by atoms with E-state index in [-0.39, 0.29) is 5.49 Å². The van der Waals surface area contributed by atoms with Crippen molar-refractivity contribution in [2.45, 2.75) is 25.7 Å². The summed E-state index contributed by atoms with van der Waals surface area (Å²) in [5, 5.41) is 13.3. The topological polar surface area (TPSA) is 70.7 Å². The van der Waals surface area contributed by atoms with E-state index >= 15 is 0 Å². The van der Waals surface area contributed by atoms with E-state index in [0.29, 0.717) is 11.8 Å². The van der Waals surface area contributed by atoms with Gasteiger partial charge in [-0.15, -0.1) is 0 Å². The SMILES string of the molecule is Cn1c(=O)c(=NO)nc(N2C[C@H]3CCCC[C@H]3C2)c2ccccc21. The van der Waals surface area contributed by atoms with E-state index in [9.17, 15) is 10.0 Å². The van der Waals surface area contributed by atoms with Crippen molar-refractivity contribution in [2.75, 3.05) is 18.0 Å². The Morgan fingerprint density at radius 2 is 1.83 bits per heavy atom. The highest BCUT2D eigenvalue weighted by atomic mass is 16.4. The van der Waals surface area contributed by atoms with Crippen LogP contribution in [0.1, 0.15) is 25.7 Å². The molecule has 6 nitrogen and oxygen atoms in total. The van der Waals surface area contributed by atoms with Crippen molar-refractivity contribution in [3.8, 4) is 0 Å². The molecule has 0 unspecified atom stereocenters. The summed E-state index contributed by atoms with van der Waals surface area (Å²) in [5.74, 6) is 2.17. The van der Waals surface area contributed by atoms with E-state index in [0.717, 1.165) is 29.8 Å². The van der Waals surface area contributed by atoms with Gasteiger partial charge >= 0.3 is 0 Å². The lowest BCUT2D eigenvalue weighted by molar-refractivity contribution is 0.297. The van der Waals surface area contributed by atoms with Gasteiger partial charge in [0, 0.05) is 25.5 Å². The van der Waals surface area contributed by atoms with Crippen LogP contribution >= 0.6 is 0 Å². The zero-order valence-electron chi connectivity index (χ0n) is 13.9. The van der Waals surface area contributed by atoms with Gasteiger partial charge in [-0.05, 0) is 36.8 Å². The first-order valence-electron chi connectivity index (χ1n) is 8.62. The monoisotopic (exact) mass is 326 g/mol. The summed E-state index contributed by atoms with van der Waals surface area (Å²) in [7, 11) is 1.69. The molecular formula is C18H22N4O2. The van der Waals surface area contributed by atoms with Crippen LogP contribution < -0.4 is 15.9 Å². The van der Waals surface area contributed by atoms with Crippen LogP contribution in [0, 0.1) is 11.8 Å². The predicted molar refractivity (Wildman–Crippen MR) is 92.0 cm³/mol. The van der Waals surface area contributed by atoms with E-state index < -0.39 is 5.56 Å². The molecule has 2 heterocycles. The number of hydrogen-bond acceptors (Lipinski definition) is 5. The summed E-state index contributed by atoms with van der Waals surface area (Å²) < 4.78 is 1.50. The van der Waals surface area contributed by atoms with Gasteiger partial charge in [0.05, 0.1) is 5.52 Å². The molecule has 0 amide bonds. The first kappa shape index (κ1) is 15.2. The number of aryl methyl sites for hydroxylation is 1. The van der Waals surface area contributed by atoms with Crippen molar-refractivity contribution >= 4 is 16.7 Å². The van der Waals surface area contributed by atoms with Gasteiger partial charge in [0.1, 0.15) is 5.82 Å². The van der Waals surface area contributed by atoms with Crippen molar-refractivity contribution in [3.05, 3.63) is 40.1 Å². The number of anilines is 1. The fraction of sp³-hybridized carbons (Fsp3) is 0.500. The Morgan fingerprint density at radius 3 is 2.50 bits per heavy atom. The van der Waals surface area contributed by atoms with Crippen LogP contribution in [0.3, 0.4) is 0 Å². The second-order valence-corrected chi connectivity index (χ2v) is 6.95. The second-order valence-electron chi connectivity index (χ2n) is 6.95. The van der Waals surface area contributed by atoms with Crippen LogP contribution in [0.15, 0.2) is 34.2 Å². The minimum absolute atomic E-state index is 0.154. The van der Waals surface area contributed by atoms with Crippen molar-refractivity contribution in [1.82, 2.24) is 9.55 Å². The third-order valence-electron chi connectivity index (χ3n) is 5.58. The lowest BCUT2D eigenvalue weighted by Gasteiger charge is -2.22. The van der Waals surface area contributed by atoms with Gasteiger partial charge in [-0.1, -0.05) is 30.1 Å². The average molecular weight is 326 g/mol. The molecule has 2 fully saturated rings. The minimum atomic E-state index is -0.392. The molecule has 1 N–H and O–H groups in total. The van der Waals surface area contributed by atoms with Crippen molar-refractivity contribution < 1.29 is 5.21 Å². The molecule has 1 saturated carbocycles. The average Bonchev–Trinajstić information content (AvgIpc) is 3.01. The molecule has 6 heteroatoms. The van der Waals surface area contributed by atoms with Crippen molar-refractivity contribution in [1.29, 1.82) is 0 Å². The summed E-state index contributed by atoms with van der Waals surface area (Å²) >= 11 is 0. The smallest absolute Gasteiger partial charge is 0.299 e. The number of rotatable bonds is 1. The maximum atomic E-state index is 12.5. The third kappa shape index (κ3) is 2.37. The predicted octanol–water partition coefficient (Wildman–Crippen LogP) is 1.85. The molecule has 126 valence electrons. The van der Waals surface area contributed by atoms with Crippen LogP contribution in [-0.4, -0.2) is 27.8 Å². The molecule has 4 rings (SSSR count). The Morgan fingerprint density at radius 1 is 1.17 bits per heavy atom. The molecule has 1 aromatic heterocycles. The Labute approximate surface area is 140 Å². The van der Waals surface area contributed by atoms with Gasteiger partial charge in [-0.3, -0.25) is 4.79 Å². The molecule has 1 saturated heterocycles. The Hall–Kier alpha value is -2.37. The standard InChI is InChI=1S/C18H22N4O2/c1-21-15-9-5-4-8-14(15)17(19-16(20-24)18(21)23)22-10-12-6-2-3-7-13(12)11-22/h4-5,8-9,12-13,24H,2-3,6-7,10-11H2,1H3/t12-,13+. The van der Waals surface area contributed by atoms with Crippen LogP contribution in [0.25, 0.3) is 10.9 Å². The van der Waals surface area contributed by atoms with Gasteiger partial charge in [0.15, 0.2) is 0 Å². The molecule has 1 aliphatic carbocycles. The lowest BCUT2D eigenvalue weighted by Crippen LogP contribution is -2.33. The molecule has 1 aliphatic heterocycles. The number of aromatic nitrogens is 2. The molecular weight excluding hydrogens is 304 g/mol. The van der Waals surface area contributed by atoms with E-state index in [1.54, 1.807) is 7.05 Å². The molecule has 0 bridgehead atoms. The maximum Gasteiger partial charge on any atom is 0.299 e. The first-order chi connectivity index (χ1) is 11.7. The fourth-order valence-electron chi connectivity index (χ4n) is 4.31. The van der Waals surface area contributed by atoms with Crippen LogP contribution in [-0.2, 0) is 7.05 Å². The van der Waals surface area contributed by atoms with Gasteiger partial charge in [-0.2, -0.15) is 0 Å². The quantitative estimate of drug-likeness (QED) is 0.641. The normalized spacial score (nSPS) is 24.4. The Balaban J connectivity index is 1.94. The Bertz CT molecular complexity index is 891. The minimum Gasteiger partial charge on any atom is -0.409 e. The lowest BCUT2D eigenvalue weighted by atomic mass is 9.82. The van der Waals surface area contributed by atoms with Gasteiger partial charge in [0.2, 0.25) is 0 Å². The molecule has 0 spiro atoms. The zero-order chi connectivity index (χ0) is 16.7. The van der Waals surface area contributed by atoms with Crippen LogP contribution in [0.4, 0.5) is 5.82 Å². The van der Waals surface area contributed by atoms with Crippen LogP contribution in [0.2, 0.25) is 0 Å². The summed E-state index contributed by atoms with van der Waals surface area (Å²) in [6, 6.07) is 7.76. The fourth-order valence-corrected chi connectivity index (χ4v) is 4.31. The molecule has 0 radical (unpaired) electrons. The largest absolute Gasteiger partial charge is 0.409 e. The van der Waals surface area contributed by atoms with Crippen molar-refractivity contribution in [2.24, 2.45) is 24.0 Å². The maximum absolute atomic E-state index is 12.5. The summed E-state index contributed by atoms with van der Waals surface area (Å²) in [6.07, 6.45) is 5.16. The van der Waals surface area contributed by atoms with E-state index in [4.69, 9.17) is 0 Å². The molecule has 2 aliphatic rings. The number of nitrogens with zero attached hydrogens (tertiary/aromatic N) is 4. The van der Waals surface area contributed by atoms with E-state index in [1.165, 1.54) is 30.3 Å². The summed E-state index contributed by atoms with van der Waals surface area (Å²) in [5.41, 5.74) is 0.255. The highest BCUT2D eigenvalue weighted by molar-refractivity contribution is 5.89. The second kappa shape index (κ2) is 5.92. The molecule has 2 aromatic rings. The zero-order valence-corrected chi connectivity index (χ0v) is 13.9. The molecule has 2 atom stereocenters. The van der Waals surface area contributed by atoms with Gasteiger partial charge < -0.3 is 14.7 Å². The molecule has 1 aromatic carbocycles. The molecule has 24 heavy (non-hydrogen) atoms. The van der Waals surface area contributed by atoms with Gasteiger partial charge in [-0.25, -0.2) is 4.98 Å². The Kier molecular flexibility index (Phi) is 3.75. The number of benzene rings is 1. The van der Waals surface area contributed by atoms with Crippen molar-refractivity contribution in [3.63, 3.8) is 0 Å². The number of hydrogen-bond donors (Lipinski definition) is 1. The summed E-state index contributed by atoms with van der Waals surface area (Å²) in [4.78, 5) is 19.2. The number of fused-ring (bicyclic) bond motifs is 2. The first-order valence-corrected chi connectivity index (χ1v) is 8.62. The number of para-hydroxylation sites is 1. The van der Waals surface area contributed by atoms with Gasteiger partial charge in [0.25, 0.3) is 11.0 Å². The van der Waals surface area contributed by atoms with E-state index in [1.807, 2.05) is 24.3 Å². The highest BCUT2D eigenvalue weighted by Crippen LogP contribution is 2.38. The van der Waals surface area contributed by atoms with E-state index in [2.05, 4.69) is 15.0 Å².